The highest BCUT2D eigenvalue weighted by atomic mass is 16.5. The quantitative estimate of drug-likeness (QED) is 0.770. The number of esters is 1. The molecule has 0 unspecified atom stereocenters. The average molecular weight is 374 g/mol. The van der Waals surface area contributed by atoms with Crippen LogP contribution in [0, 0.1) is 5.92 Å². The number of para-hydroxylation sites is 2. The van der Waals surface area contributed by atoms with Crippen LogP contribution in [-0.4, -0.2) is 43.6 Å². The third kappa shape index (κ3) is 4.99. The van der Waals surface area contributed by atoms with Crippen LogP contribution in [0.5, 0.6) is 5.75 Å². The smallest absolute Gasteiger partial charge is 0.308 e. The Labute approximate surface area is 159 Å². The van der Waals surface area contributed by atoms with Crippen molar-refractivity contribution < 1.29 is 23.9 Å². The summed E-state index contributed by atoms with van der Waals surface area (Å²) in [5.41, 5.74) is 0.644. The molecule has 27 heavy (non-hydrogen) atoms. The highest BCUT2D eigenvalue weighted by Crippen LogP contribution is 2.31. The summed E-state index contributed by atoms with van der Waals surface area (Å²) in [6, 6.07) is 7.35. The first-order valence-electron chi connectivity index (χ1n) is 9.52. The number of benzene rings is 1. The summed E-state index contributed by atoms with van der Waals surface area (Å²) in [5, 5.41) is 2.95. The van der Waals surface area contributed by atoms with Gasteiger partial charge in [-0.3, -0.25) is 14.4 Å². The number of hydrogen-bond donors (Lipinski definition) is 1. The van der Waals surface area contributed by atoms with E-state index in [2.05, 4.69) is 12.2 Å². The molecule has 7 nitrogen and oxygen atoms in total. The van der Waals surface area contributed by atoms with Gasteiger partial charge >= 0.3 is 5.97 Å². The molecule has 1 N–H and O–H groups in total. The van der Waals surface area contributed by atoms with Crippen LogP contribution in [-0.2, 0) is 19.1 Å². The van der Waals surface area contributed by atoms with Crippen molar-refractivity contribution in [3.8, 4) is 5.75 Å². The molecule has 0 spiro atoms. The molecule has 2 amide bonds. The number of anilines is 1. The van der Waals surface area contributed by atoms with E-state index in [1.165, 1.54) is 11.3 Å². The highest BCUT2D eigenvalue weighted by molar-refractivity contribution is 5.98. The van der Waals surface area contributed by atoms with Crippen molar-refractivity contribution >= 4 is 23.5 Å². The molecule has 0 bridgehead atoms. The van der Waals surface area contributed by atoms with E-state index in [1.807, 2.05) is 12.1 Å². The molecule has 2 atom stereocenters. The monoisotopic (exact) mass is 374 g/mol. The summed E-state index contributed by atoms with van der Waals surface area (Å²) < 4.78 is 10.4. The second-order valence-corrected chi connectivity index (χ2v) is 7.15. The van der Waals surface area contributed by atoms with Crippen LogP contribution in [0.3, 0.4) is 0 Å². The number of amides is 2. The Morgan fingerprint density at radius 2 is 2.04 bits per heavy atom. The van der Waals surface area contributed by atoms with Crippen molar-refractivity contribution in [2.24, 2.45) is 5.92 Å². The number of rotatable bonds is 6. The number of nitrogens with zero attached hydrogens (tertiary/aromatic N) is 1. The lowest BCUT2D eigenvalue weighted by atomic mass is 9.86. The standard InChI is InChI=1S/C20H26N2O5/c1-14-6-2-3-7-15(14)21-18(23)12-27-20(25)10-11-22-16-8-4-5-9-17(16)26-13-19(22)24/h4-5,8-9,14-15H,2-3,6-7,10-13H2,1H3,(H,21,23)/t14-,15-/m1/s1. The van der Waals surface area contributed by atoms with E-state index in [-0.39, 0.29) is 44.0 Å². The number of nitrogens with one attached hydrogen (secondary N) is 1. The molecule has 0 saturated heterocycles. The van der Waals surface area contributed by atoms with Crippen LogP contribution < -0.4 is 15.0 Å². The zero-order valence-electron chi connectivity index (χ0n) is 15.6. The molecular weight excluding hydrogens is 348 g/mol. The third-order valence-electron chi connectivity index (χ3n) is 5.17. The highest BCUT2D eigenvalue weighted by Gasteiger charge is 2.26. The number of carbonyl (C=O) groups excluding carboxylic acids is 3. The molecule has 1 aliphatic heterocycles. The predicted octanol–water partition coefficient (Wildman–Crippen LogP) is 2.04. The summed E-state index contributed by atoms with van der Waals surface area (Å²) in [6.07, 6.45) is 4.42. The molecule has 2 aliphatic rings. The van der Waals surface area contributed by atoms with Crippen LogP contribution in [0.2, 0.25) is 0 Å². The van der Waals surface area contributed by atoms with Crippen molar-refractivity contribution in [2.45, 2.75) is 45.1 Å². The Morgan fingerprint density at radius 1 is 1.26 bits per heavy atom. The normalized spacial score (nSPS) is 21.8. The fraction of sp³-hybridized carbons (Fsp3) is 0.550. The van der Waals surface area contributed by atoms with Crippen molar-refractivity contribution in [2.75, 3.05) is 24.7 Å². The fourth-order valence-electron chi connectivity index (χ4n) is 3.60. The van der Waals surface area contributed by atoms with Crippen LogP contribution in [0.4, 0.5) is 5.69 Å². The Balaban J connectivity index is 1.43. The predicted molar refractivity (Wildman–Crippen MR) is 99.4 cm³/mol. The summed E-state index contributed by atoms with van der Waals surface area (Å²) in [5.74, 6) is 0.0938. The summed E-state index contributed by atoms with van der Waals surface area (Å²) in [7, 11) is 0. The molecule has 1 aromatic rings. The van der Waals surface area contributed by atoms with Gasteiger partial charge in [0.15, 0.2) is 13.2 Å². The first-order chi connectivity index (χ1) is 13.0. The first-order valence-corrected chi connectivity index (χ1v) is 9.52. The molecule has 1 aliphatic carbocycles. The van der Waals surface area contributed by atoms with Gasteiger partial charge in [0.1, 0.15) is 5.75 Å². The van der Waals surface area contributed by atoms with Crippen molar-refractivity contribution in [1.82, 2.24) is 5.32 Å². The lowest BCUT2D eigenvalue weighted by molar-refractivity contribution is -0.148. The second kappa shape index (κ2) is 8.88. The van der Waals surface area contributed by atoms with E-state index < -0.39 is 5.97 Å². The third-order valence-corrected chi connectivity index (χ3v) is 5.17. The van der Waals surface area contributed by atoms with Gasteiger partial charge in [0.05, 0.1) is 12.1 Å². The number of hydrogen-bond acceptors (Lipinski definition) is 5. The maximum atomic E-state index is 12.1. The van der Waals surface area contributed by atoms with Crippen molar-refractivity contribution in [3.05, 3.63) is 24.3 Å². The van der Waals surface area contributed by atoms with E-state index in [9.17, 15) is 14.4 Å². The second-order valence-electron chi connectivity index (χ2n) is 7.15. The molecular formula is C20H26N2O5. The molecule has 146 valence electrons. The van der Waals surface area contributed by atoms with Gasteiger partial charge in [-0.05, 0) is 30.9 Å². The minimum Gasteiger partial charge on any atom is -0.482 e. The van der Waals surface area contributed by atoms with Gasteiger partial charge in [0, 0.05) is 12.6 Å². The number of fused-ring (bicyclic) bond motifs is 1. The lowest BCUT2D eigenvalue weighted by Crippen LogP contribution is -2.43. The average Bonchev–Trinajstić information content (AvgIpc) is 2.67. The zero-order chi connectivity index (χ0) is 19.2. The molecule has 0 radical (unpaired) electrons. The van der Waals surface area contributed by atoms with Crippen molar-refractivity contribution in [3.63, 3.8) is 0 Å². The van der Waals surface area contributed by atoms with Crippen LogP contribution in [0.25, 0.3) is 0 Å². The topological polar surface area (TPSA) is 84.9 Å². The van der Waals surface area contributed by atoms with Gasteiger partial charge in [-0.1, -0.05) is 31.9 Å². The first kappa shape index (κ1) is 19.2. The SMILES string of the molecule is C[C@@H]1CCCC[C@H]1NC(=O)COC(=O)CCN1C(=O)COc2ccccc21. The van der Waals surface area contributed by atoms with E-state index in [1.54, 1.807) is 12.1 Å². The summed E-state index contributed by atoms with van der Waals surface area (Å²) in [4.78, 5) is 37.6. The van der Waals surface area contributed by atoms with Gasteiger partial charge in [-0.15, -0.1) is 0 Å². The summed E-state index contributed by atoms with van der Waals surface area (Å²) >= 11 is 0. The maximum absolute atomic E-state index is 12.1. The van der Waals surface area contributed by atoms with E-state index >= 15 is 0 Å². The van der Waals surface area contributed by atoms with E-state index in [0.717, 1.165) is 19.3 Å². The molecule has 1 fully saturated rings. The van der Waals surface area contributed by atoms with Crippen molar-refractivity contribution in [1.29, 1.82) is 0 Å². The molecule has 1 saturated carbocycles. The number of ether oxygens (including phenoxy) is 2. The number of carbonyl (C=O) groups is 3. The van der Waals surface area contributed by atoms with Crippen LogP contribution in [0.1, 0.15) is 39.0 Å². The maximum Gasteiger partial charge on any atom is 0.308 e. The van der Waals surface area contributed by atoms with E-state index in [0.29, 0.717) is 17.4 Å². The minimum atomic E-state index is -0.501. The Hall–Kier alpha value is -2.57. The van der Waals surface area contributed by atoms with Gasteiger partial charge in [0.2, 0.25) is 0 Å². The zero-order valence-corrected chi connectivity index (χ0v) is 15.6. The fourth-order valence-corrected chi connectivity index (χ4v) is 3.60. The minimum absolute atomic E-state index is 0.0210. The lowest BCUT2D eigenvalue weighted by Gasteiger charge is -2.29. The van der Waals surface area contributed by atoms with Crippen LogP contribution in [0.15, 0.2) is 24.3 Å². The Kier molecular flexibility index (Phi) is 6.32. The van der Waals surface area contributed by atoms with Gasteiger partial charge in [-0.2, -0.15) is 0 Å². The molecule has 1 aromatic carbocycles. The Morgan fingerprint density at radius 3 is 2.85 bits per heavy atom. The molecule has 3 rings (SSSR count). The Bertz CT molecular complexity index is 705. The van der Waals surface area contributed by atoms with E-state index in [4.69, 9.17) is 9.47 Å². The largest absolute Gasteiger partial charge is 0.482 e. The summed E-state index contributed by atoms with van der Waals surface area (Å²) in [6.45, 7) is 2.00. The van der Waals surface area contributed by atoms with Crippen LogP contribution >= 0.6 is 0 Å². The molecule has 0 aromatic heterocycles. The van der Waals surface area contributed by atoms with Gasteiger partial charge in [-0.25, -0.2) is 0 Å². The molecule has 1 heterocycles. The molecule has 7 heteroatoms. The van der Waals surface area contributed by atoms with Gasteiger partial charge < -0.3 is 19.7 Å². The van der Waals surface area contributed by atoms with Gasteiger partial charge in [0.25, 0.3) is 11.8 Å².